The van der Waals surface area contributed by atoms with E-state index in [-0.39, 0.29) is 5.78 Å². The van der Waals surface area contributed by atoms with Crippen LogP contribution in [0.4, 0.5) is 0 Å². The van der Waals surface area contributed by atoms with Gasteiger partial charge >= 0.3 is 0 Å². The summed E-state index contributed by atoms with van der Waals surface area (Å²) in [5.74, 6) is 0.0644. The zero-order chi connectivity index (χ0) is 13.2. The lowest BCUT2D eigenvalue weighted by Gasteiger charge is -2.03. The standard InChI is InChI=1S/C15H12N2OS/c1-10-17-12(9-19-10)6-15(18)14-8-16-7-11-4-2-3-5-13(11)14/h2-5,7-9H,6H2,1H3. The van der Waals surface area contributed by atoms with Crippen LogP contribution in [0.5, 0.6) is 0 Å². The number of Topliss-reactive ketones (excluding diaryl/α,β-unsaturated/α-hetero) is 1. The fourth-order valence-electron chi connectivity index (χ4n) is 2.09. The number of nitrogens with zero attached hydrogens (tertiary/aromatic N) is 2. The quantitative estimate of drug-likeness (QED) is 0.683. The first kappa shape index (κ1) is 12.0. The molecular weight excluding hydrogens is 256 g/mol. The van der Waals surface area contributed by atoms with Crippen molar-refractivity contribution in [3.8, 4) is 0 Å². The molecule has 0 atom stereocenters. The fraction of sp³-hybridized carbons (Fsp3) is 0.133. The number of aryl methyl sites for hydroxylation is 1. The Kier molecular flexibility index (Phi) is 3.09. The Morgan fingerprint density at radius 2 is 2.11 bits per heavy atom. The van der Waals surface area contributed by atoms with Crippen molar-refractivity contribution in [2.75, 3.05) is 0 Å². The van der Waals surface area contributed by atoms with E-state index >= 15 is 0 Å². The van der Waals surface area contributed by atoms with Gasteiger partial charge in [0, 0.05) is 28.7 Å². The normalized spacial score (nSPS) is 10.8. The molecule has 2 aromatic heterocycles. The van der Waals surface area contributed by atoms with E-state index in [2.05, 4.69) is 9.97 Å². The van der Waals surface area contributed by atoms with E-state index in [0.29, 0.717) is 12.0 Å². The average molecular weight is 268 g/mol. The highest BCUT2D eigenvalue weighted by atomic mass is 32.1. The predicted octanol–water partition coefficient (Wildman–Crippen LogP) is 3.43. The van der Waals surface area contributed by atoms with Gasteiger partial charge in [0.15, 0.2) is 5.78 Å². The molecule has 94 valence electrons. The van der Waals surface area contributed by atoms with Crippen LogP contribution in [0.2, 0.25) is 0 Å². The Morgan fingerprint density at radius 1 is 1.26 bits per heavy atom. The molecule has 0 bridgehead atoms. The van der Waals surface area contributed by atoms with Gasteiger partial charge in [-0.1, -0.05) is 24.3 Å². The molecule has 3 aromatic rings. The molecule has 0 saturated carbocycles. The van der Waals surface area contributed by atoms with Crippen LogP contribution >= 0.6 is 11.3 Å². The third-order valence-corrected chi connectivity index (χ3v) is 3.80. The van der Waals surface area contributed by atoms with Gasteiger partial charge in [-0.25, -0.2) is 4.98 Å². The molecule has 0 radical (unpaired) electrons. The molecule has 0 aliphatic carbocycles. The summed E-state index contributed by atoms with van der Waals surface area (Å²) >= 11 is 1.57. The highest BCUT2D eigenvalue weighted by Crippen LogP contribution is 2.19. The first-order valence-electron chi connectivity index (χ1n) is 6.01. The summed E-state index contributed by atoms with van der Waals surface area (Å²) in [6.07, 6.45) is 3.75. The van der Waals surface area contributed by atoms with E-state index < -0.39 is 0 Å². The number of hydrogen-bond acceptors (Lipinski definition) is 4. The Labute approximate surface area is 115 Å². The number of ketones is 1. The molecule has 0 amide bonds. The molecule has 0 N–H and O–H groups in total. The zero-order valence-electron chi connectivity index (χ0n) is 10.5. The van der Waals surface area contributed by atoms with Gasteiger partial charge in [0.2, 0.25) is 0 Å². The summed E-state index contributed by atoms with van der Waals surface area (Å²) in [6.45, 7) is 1.94. The van der Waals surface area contributed by atoms with Gasteiger partial charge in [0.1, 0.15) is 0 Å². The molecule has 0 aliphatic rings. The maximum atomic E-state index is 12.4. The number of benzene rings is 1. The second-order valence-corrected chi connectivity index (χ2v) is 5.43. The van der Waals surface area contributed by atoms with Crippen LogP contribution in [0, 0.1) is 6.92 Å². The van der Waals surface area contributed by atoms with E-state index in [4.69, 9.17) is 0 Å². The Balaban J connectivity index is 1.97. The fourth-order valence-corrected chi connectivity index (χ4v) is 2.70. The van der Waals surface area contributed by atoms with Crippen molar-refractivity contribution in [2.45, 2.75) is 13.3 Å². The third kappa shape index (κ3) is 2.39. The minimum Gasteiger partial charge on any atom is -0.294 e. The molecule has 0 saturated heterocycles. The number of fused-ring (bicyclic) bond motifs is 1. The van der Waals surface area contributed by atoms with E-state index in [1.54, 1.807) is 23.7 Å². The molecule has 3 nitrogen and oxygen atoms in total. The molecule has 3 rings (SSSR count). The van der Waals surface area contributed by atoms with E-state index in [1.807, 2.05) is 36.6 Å². The monoisotopic (exact) mass is 268 g/mol. The molecular formula is C15H12N2OS. The summed E-state index contributed by atoms with van der Waals surface area (Å²) in [6, 6.07) is 7.80. The highest BCUT2D eigenvalue weighted by molar-refractivity contribution is 7.09. The third-order valence-electron chi connectivity index (χ3n) is 2.98. The second-order valence-electron chi connectivity index (χ2n) is 4.37. The van der Waals surface area contributed by atoms with Gasteiger partial charge in [0.05, 0.1) is 17.1 Å². The van der Waals surface area contributed by atoms with Gasteiger partial charge in [-0.05, 0) is 12.3 Å². The molecule has 0 unspecified atom stereocenters. The summed E-state index contributed by atoms with van der Waals surface area (Å²) in [5, 5.41) is 4.86. The van der Waals surface area contributed by atoms with Gasteiger partial charge in [0.25, 0.3) is 0 Å². The Hall–Kier alpha value is -2.07. The minimum absolute atomic E-state index is 0.0644. The first-order valence-corrected chi connectivity index (χ1v) is 6.89. The smallest absolute Gasteiger partial charge is 0.171 e. The lowest BCUT2D eigenvalue weighted by molar-refractivity contribution is 0.0993. The molecule has 19 heavy (non-hydrogen) atoms. The van der Waals surface area contributed by atoms with Crippen molar-refractivity contribution in [2.24, 2.45) is 0 Å². The summed E-state index contributed by atoms with van der Waals surface area (Å²) in [7, 11) is 0. The van der Waals surface area contributed by atoms with Gasteiger partial charge < -0.3 is 0 Å². The SMILES string of the molecule is Cc1nc(CC(=O)c2cncc3ccccc23)cs1. The summed E-state index contributed by atoms with van der Waals surface area (Å²) in [4.78, 5) is 20.8. The van der Waals surface area contributed by atoms with Gasteiger partial charge in [-0.3, -0.25) is 9.78 Å². The van der Waals surface area contributed by atoms with Crippen molar-refractivity contribution in [3.63, 3.8) is 0 Å². The number of carbonyl (C=O) groups excluding carboxylic acids is 1. The van der Waals surface area contributed by atoms with Crippen molar-refractivity contribution in [1.29, 1.82) is 0 Å². The summed E-state index contributed by atoms with van der Waals surface area (Å²) in [5.41, 5.74) is 1.50. The van der Waals surface area contributed by atoms with Crippen molar-refractivity contribution < 1.29 is 4.79 Å². The number of thiazole rings is 1. The number of aromatic nitrogens is 2. The number of hydrogen-bond donors (Lipinski definition) is 0. The van der Waals surface area contributed by atoms with E-state index in [1.165, 1.54) is 0 Å². The van der Waals surface area contributed by atoms with Crippen LogP contribution < -0.4 is 0 Å². The van der Waals surface area contributed by atoms with E-state index in [9.17, 15) is 4.79 Å². The molecule has 0 fully saturated rings. The zero-order valence-corrected chi connectivity index (χ0v) is 11.3. The van der Waals surface area contributed by atoms with Crippen LogP contribution in [0.1, 0.15) is 21.1 Å². The molecule has 0 aliphatic heterocycles. The average Bonchev–Trinajstić information content (AvgIpc) is 2.83. The van der Waals surface area contributed by atoms with Gasteiger partial charge in [-0.15, -0.1) is 11.3 Å². The first-order chi connectivity index (χ1) is 9.24. The number of rotatable bonds is 3. The van der Waals surface area contributed by atoms with Crippen LogP contribution in [-0.2, 0) is 6.42 Å². The largest absolute Gasteiger partial charge is 0.294 e. The van der Waals surface area contributed by atoms with Crippen molar-refractivity contribution in [1.82, 2.24) is 9.97 Å². The lowest BCUT2D eigenvalue weighted by atomic mass is 10.0. The highest BCUT2D eigenvalue weighted by Gasteiger charge is 2.12. The van der Waals surface area contributed by atoms with Crippen LogP contribution in [0.25, 0.3) is 10.8 Å². The Bertz CT molecular complexity index is 743. The summed E-state index contributed by atoms with van der Waals surface area (Å²) < 4.78 is 0. The maximum Gasteiger partial charge on any atom is 0.171 e. The van der Waals surface area contributed by atoms with Gasteiger partial charge in [-0.2, -0.15) is 0 Å². The van der Waals surface area contributed by atoms with Crippen LogP contribution in [0.3, 0.4) is 0 Å². The number of pyridine rings is 1. The predicted molar refractivity (Wildman–Crippen MR) is 76.6 cm³/mol. The van der Waals surface area contributed by atoms with Crippen LogP contribution in [-0.4, -0.2) is 15.8 Å². The molecule has 4 heteroatoms. The maximum absolute atomic E-state index is 12.4. The molecule has 0 spiro atoms. The topological polar surface area (TPSA) is 42.9 Å². The Morgan fingerprint density at radius 3 is 2.89 bits per heavy atom. The van der Waals surface area contributed by atoms with E-state index in [0.717, 1.165) is 21.5 Å². The van der Waals surface area contributed by atoms with Crippen molar-refractivity contribution >= 4 is 27.9 Å². The minimum atomic E-state index is 0.0644. The second kappa shape index (κ2) is 4.90. The molecule has 1 aromatic carbocycles. The lowest BCUT2D eigenvalue weighted by Crippen LogP contribution is -2.05. The number of carbonyl (C=O) groups is 1. The van der Waals surface area contributed by atoms with Crippen molar-refractivity contribution in [3.05, 3.63) is 58.3 Å². The van der Waals surface area contributed by atoms with Crippen LogP contribution in [0.15, 0.2) is 42.0 Å². The molecule has 2 heterocycles.